The van der Waals surface area contributed by atoms with E-state index in [4.69, 9.17) is 16.0 Å². The van der Waals surface area contributed by atoms with E-state index in [1.807, 2.05) is 0 Å². The lowest BCUT2D eigenvalue weighted by atomic mass is 10.3. The molecule has 0 bridgehead atoms. The van der Waals surface area contributed by atoms with E-state index in [2.05, 4.69) is 5.32 Å². The highest BCUT2D eigenvalue weighted by Gasteiger charge is 2.36. The first-order valence-corrected chi connectivity index (χ1v) is 8.63. The number of furan rings is 1. The number of phenolic OH excluding ortho intramolecular Hbond substituents is 1. The number of rotatable bonds is 4. The average Bonchev–Trinajstić information content (AvgIpc) is 3.09. The summed E-state index contributed by atoms with van der Waals surface area (Å²) in [5, 5.41) is 11.9. The maximum absolute atomic E-state index is 12.4. The molecule has 2 aromatic rings. The number of benzene rings is 1. The van der Waals surface area contributed by atoms with Gasteiger partial charge in [0.15, 0.2) is 0 Å². The second-order valence-electron chi connectivity index (χ2n) is 5.43. The molecule has 0 saturated carbocycles. The zero-order chi connectivity index (χ0) is 18.8. The number of halogens is 1. The van der Waals surface area contributed by atoms with E-state index < -0.39 is 23.6 Å². The van der Waals surface area contributed by atoms with Gasteiger partial charge in [-0.1, -0.05) is 11.6 Å². The molecule has 0 aliphatic carbocycles. The Balaban J connectivity index is 1.70. The number of aromatic hydroxyl groups is 1. The number of nitrogens with zero attached hydrogens (tertiary/aromatic N) is 1. The molecule has 3 rings (SSSR count). The molecule has 7 nitrogen and oxygen atoms in total. The number of hydrogen-bond acceptors (Lipinski definition) is 6. The van der Waals surface area contributed by atoms with Crippen LogP contribution in [0.4, 0.5) is 10.5 Å². The third-order valence-corrected chi connectivity index (χ3v) is 4.58. The molecule has 0 atom stereocenters. The zero-order valence-electron chi connectivity index (χ0n) is 13.5. The molecule has 0 spiro atoms. The molecule has 26 heavy (non-hydrogen) atoms. The van der Waals surface area contributed by atoms with Crippen molar-refractivity contribution in [3.8, 4) is 5.75 Å². The summed E-state index contributed by atoms with van der Waals surface area (Å²) >= 11 is 6.54. The first-order valence-electron chi connectivity index (χ1n) is 7.43. The van der Waals surface area contributed by atoms with E-state index in [1.165, 1.54) is 24.3 Å². The number of thioether (sulfide) groups is 1. The molecule has 1 aromatic carbocycles. The molecule has 134 valence electrons. The van der Waals surface area contributed by atoms with Gasteiger partial charge in [0, 0.05) is 11.1 Å². The van der Waals surface area contributed by atoms with Gasteiger partial charge in [0.2, 0.25) is 5.91 Å². The molecule has 2 heterocycles. The van der Waals surface area contributed by atoms with Crippen molar-refractivity contribution in [3.05, 3.63) is 51.8 Å². The van der Waals surface area contributed by atoms with E-state index in [0.717, 1.165) is 16.7 Å². The van der Waals surface area contributed by atoms with Crippen molar-refractivity contribution in [3.63, 3.8) is 0 Å². The summed E-state index contributed by atoms with van der Waals surface area (Å²) in [4.78, 5) is 37.5. The van der Waals surface area contributed by atoms with Crippen molar-refractivity contribution >= 4 is 52.2 Å². The summed E-state index contributed by atoms with van der Waals surface area (Å²) in [6, 6.07) is 7.57. The third-order valence-electron chi connectivity index (χ3n) is 3.44. The smallest absolute Gasteiger partial charge is 0.294 e. The number of nitrogens with one attached hydrogen (secondary N) is 1. The highest BCUT2D eigenvalue weighted by molar-refractivity contribution is 8.18. The molecule has 0 radical (unpaired) electrons. The van der Waals surface area contributed by atoms with Gasteiger partial charge < -0.3 is 14.8 Å². The normalized spacial score (nSPS) is 15.8. The minimum absolute atomic E-state index is 0.0936. The van der Waals surface area contributed by atoms with Gasteiger partial charge in [-0.15, -0.1) is 0 Å². The van der Waals surface area contributed by atoms with Crippen molar-refractivity contribution in [1.29, 1.82) is 0 Å². The van der Waals surface area contributed by atoms with Crippen LogP contribution in [0, 0.1) is 6.92 Å². The molecule has 1 saturated heterocycles. The Morgan fingerprint density at radius 1 is 1.35 bits per heavy atom. The summed E-state index contributed by atoms with van der Waals surface area (Å²) in [5.74, 6) is -0.276. The molecule has 1 aliphatic heterocycles. The molecule has 3 amide bonds. The van der Waals surface area contributed by atoms with E-state index in [9.17, 15) is 19.5 Å². The first kappa shape index (κ1) is 18.1. The van der Waals surface area contributed by atoms with Crippen LogP contribution < -0.4 is 5.32 Å². The quantitative estimate of drug-likeness (QED) is 0.609. The number of hydrogen-bond donors (Lipinski definition) is 2. The fourth-order valence-corrected chi connectivity index (χ4v) is 3.23. The van der Waals surface area contributed by atoms with Crippen molar-refractivity contribution in [2.24, 2.45) is 0 Å². The maximum Gasteiger partial charge on any atom is 0.294 e. The Hall–Kier alpha value is -2.71. The second-order valence-corrected chi connectivity index (χ2v) is 6.86. The van der Waals surface area contributed by atoms with Crippen molar-refractivity contribution in [2.75, 3.05) is 11.9 Å². The van der Waals surface area contributed by atoms with Crippen LogP contribution in [0.25, 0.3) is 6.08 Å². The van der Waals surface area contributed by atoms with E-state index in [0.29, 0.717) is 16.5 Å². The monoisotopic (exact) mass is 392 g/mol. The van der Waals surface area contributed by atoms with Gasteiger partial charge in [-0.3, -0.25) is 19.3 Å². The molecule has 0 unspecified atom stereocenters. The van der Waals surface area contributed by atoms with Gasteiger partial charge in [0.1, 0.15) is 23.8 Å². The fraction of sp³-hybridized carbons (Fsp3) is 0.118. The van der Waals surface area contributed by atoms with Gasteiger partial charge in [-0.25, -0.2) is 0 Å². The number of carbonyl (C=O) groups is 3. The summed E-state index contributed by atoms with van der Waals surface area (Å²) in [5.41, 5.74) is 0.0936. The molecule has 9 heteroatoms. The van der Waals surface area contributed by atoms with Crippen LogP contribution in [0.2, 0.25) is 5.02 Å². The Kier molecular flexibility index (Phi) is 5.06. The van der Waals surface area contributed by atoms with E-state index in [-0.39, 0.29) is 16.3 Å². The number of imide groups is 1. The molecule has 1 aromatic heterocycles. The predicted octanol–water partition coefficient (Wildman–Crippen LogP) is 3.62. The first-order chi connectivity index (χ1) is 12.3. The van der Waals surface area contributed by atoms with Gasteiger partial charge in [-0.2, -0.15) is 0 Å². The topological polar surface area (TPSA) is 99.9 Å². The van der Waals surface area contributed by atoms with Crippen molar-refractivity contribution < 1.29 is 23.9 Å². The average molecular weight is 393 g/mol. The highest BCUT2D eigenvalue weighted by Crippen LogP contribution is 2.32. The highest BCUT2D eigenvalue weighted by atomic mass is 35.5. The van der Waals surface area contributed by atoms with Crippen molar-refractivity contribution in [2.45, 2.75) is 6.92 Å². The third kappa shape index (κ3) is 3.92. The Labute approximate surface area is 157 Å². The van der Waals surface area contributed by atoms with E-state index >= 15 is 0 Å². The van der Waals surface area contributed by atoms with Gasteiger partial charge in [0.05, 0.1) is 10.6 Å². The SMILES string of the molecule is Cc1ccc(/C=C2\SC(=O)N(CC(=O)Nc3cc(Cl)ccc3O)C2=O)o1. The summed E-state index contributed by atoms with van der Waals surface area (Å²) < 4.78 is 5.36. The minimum atomic E-state index is -0.639. The van der Waals surface area contributed by atoms with Crippen LogP contribution in [0.15, 0.2) is 39.7 Å². The van der Waals surface area contributed by atoms with Crippen LogP contribution in [-0.2, 0) is 9.59 Å². The minimum Gasteiger partial charge on any atom is -0.506 e. The lowest BCUT2D eigenvalue weighted by Gasteiger charge is -2.13. The molecular formula is C17H13ClN2O5S. The summed E-state index contributed by atoms with van der Waals surface area (Å²) in [6.07, 6.45) is 1.46. The summed E-state index contributed by atoms with van der Waals surface area (Å²) in [6.45, 7) is 1.28. The molecule has 1 fully saturated rings. The molecule has 2 N–H and O–H groups in total. The Bertz CT molecular complexity index is 937. The van der Waals surface area contributed by atoms with Gasteiger partial charge >= 0.3 is 0 Å². The van der Waals surface area contributed by atoms with Crippen LogP contribution in [-0.4, -0.2) is 33.6 Å². The van der Waals surface area contributed by atoms with Crippen molar-refractivity contribution in [1.82, 2.24) is 4.90 Å². The number of aryl methyl sites for hydroxylation is 1. The fourth-order valence-electron chi connectivity index (χ4n) is 2.24. The largest absolute Gasteiger partial charge is 0.506 e. The number of anilines is 1. The molecule has 1 aliphatic rings. The maximum atomic E-state index is 12.4. The number of carbonyl (C=O) groups excluding carboxylic acids is 3. The lowest BCUT2D eigenvalue weighted by molar-refractivity contribution is -0.127. The molecular weight excluding hydrogens is 380 g/mol. The van der Waals surface area contributed by atoms with Gasteiger partial charge in [0.25, 0.3) is 11.1 Å². The van der Waals surface area contributed by atoms with Crippen LogP contribution in [0.1, 0.15) is 11.5 Å². The second kappa shape index (κ2) is 7.27. The summed E-state index contributed by atoms with van der Waals surface area (Å²) in [7, 11) is 0. The van der Waals surface area contributed by atoms with Crippen LogP contribution in [0.5, 0.6) is 5.75 Å². The zero-order valence-corrected chi connectivity index (χ0v) is 15.1. The Morgan fingerprint density at radius 2 is 2.12 bits per heavy atom. The number of amides is 3. The predicted molar refractivity (Wildman–Crippen MR) is 97.9 cm³/mol. The Morgan fingerprint density at radius 3 is 2.81 bits per heavy atom. The van der Waals surface area contributed by atoms with Crippen LogP contribution >= 0.6 is 23.4 Å². The van der Waals surface area contributed by atoms with Gasteiger partial charge in [-0.05, 0) is 49.0 Å². The standard InChI is InChI=1S/C17H13ClN2O5S/c1-9-2-4-11(25-9)7-14-16(23)20(17(24)26-14)8-15(22)19-12-6-10(18)3-5-13(12)21/h2-7,21H,8H2,1H3,(H,19,22)/b14-7-. The van der Waals surface area contributed by atoms with Crippen LogP contribution in [0.3, 0.4) is 0 Å². The van der Waals surface area contributed by atoms with E-state index in [1.54, 1.807) is 19.1 Å². The number of phenols is 1. The lowest BCUT2D eigenvalue weighted by Crippen LogP contribution is -2.36.